The summed E-state index contributed by atoms with van der Waals surface area (Å²) in [4.78, 5) is 10.9. The highest BCUT2D eigenvalue weighted by atomic mass is 16.5. The minimum atomic E-state index is -0.386. The number of rotatable bonds is 3. The Hall–Kier alpha value is -0.410. The molecule has 3 heteroatoms. The molecule has 1 aliphatic rings. The van der Waals surface area contributed by atoms with Crippen molar-refractivity contribution >= 4 is 5.78 Å². The monoisotopic (exact) mass is 186 g/mol. The van der Waals surface area contributed by atoms with Gasteiger partial charge in [-0.15, -0.1) is 0 Å². The first kappa shape index (κ1) is 10.7. The van der Waals surface area contributed by atoms with E-state index in [0.717, 1.165) is 12.8 Å². The first-order chi connectivity index (χ1) is 6.13. The largest absolute Gasteiger partial charge is 0.390 e. The van der Waals surface area contributed by atoms with Crippen LogP contribution in [-0.4, -0.2) is 30.2 Å². The normalized spacial score (nSPS) is 34.5. The quantitative estimate of drug-likeness (QED) is 0.719. The molecule has 0 aromatic rings. The van der Waals surface area contributed by atoms with Crippen molar-refractivity contribution in [1.82, 2.24) is 0 Å². The van der Waals surface area contributed by atoms with Gasteiger partial charge in [0.15, 0.2) is 0 Å². The summed E-state index contributed by atoms with van der Waals surface area (Å²) < 4.78 is 5.12. The standard InChI is InChI=1S/C10H18O3/c1-7(11)5-8-3-4-10(13-2)9(12)6-8/h8-10,12H,3-6H2,1-2H3/t8-,9-,10-/m0/s1. The number of aliphatic hydroxyl groups is 1. The van der Waals surface area contributed by atoms with Crippen molar-refractivity contribution in [2.75, 3.05) is 7.11 Å². The molecule has 0 spiro atoms. The minimum Gasteiger partial charge on any atom is -0.390 e. The van der Waals surface area contributed by atoms with Crippen LogP contribution >= 0.6 is 0 Å². The van der Waals surface area contributed by atoms with E-state index in [1.54, 1.807) is 14.0 Å². The van der Waals surface area contributed by atoms with Gasteiger partial charge in [-0.05, 0) is 32.1 Å². The Morgan fingerprint density at radius 2 is 2.23 bits per heavy atom. The molecule has 0 unspecified atom stereocenters. The summed E-state index contributed by atoms with van der Waals surface area (Å²) in [5, 5.41) is 9.62. The zero-order valence-electron chi connectivity index (χ0n) is 8.32. The fourth-order valence-electron chi connectivity index (χ4n) is 2.07. The number of methoxy groups -OCH3 is 1. The van der Waals surface area contributed by atoms with Gasteiger partial charge >= 0.3 is 0 Å². The predicted molar refractivity (Wildman–Crippen MR) is 49.4 cm³/mol. The molecular formula is C10H18O3. The Labute approximate surface area is 79.1 Å². The van der Waals surface area contributed by atoms with Gasteiger partial charge in [-0.1, -0.05) is 0 Å². The van der Waals surface area contributed by atoms with Crippen molar-refractivity contribution < 1.29 is 14.6 Å². The highest BCUT2D eigenvalue weighted by Crippen LogP contribution is 2.28. The molecule has 0 aromatic heterocycles. The van der Waals surface area contributed by atoms with E-state index < -0.39 is 0 Å². The molecule has 0 heterocycles. The lowest BCUT2D eigenvalue weighted by Crippen LogP contribution is -2.35. The van der Waals surface area contributed by atoms with Crippen LogP contribution in [0.1, 0.15) is 32.6 Å². The molecule has 1 rings (SSSR count). The molecule has 0 saturated heterocycles. The molecule has 13 heavy (non-hydrogen) atoms. The molecule has 1 N–H and O–H groups in total. The van der Waals surface area contributed by atoms with Crippen LogP contribution in [-0.2, 0) is 9.53 Å². The van der Waals surface area contributed by atoms with E-state index in [-0.39, 0.29) is 18.0 Å². The van der Waals surface area contributed by atoms with Gasteiger partial charge in [-0.2, -0.15) is 0 Å². The number of hydrogen-bond donors (Lipinski definition) is 1. The molecule has 0 amide bonds. The molecule has 1 fully saturated rings. The maximum absolute atomic E-state index is 10.9. The van der Waals surface area contributed by atoms with E-state index in [2.05, 4.69) is 0 Å². The first-order valence-corrected chi connectivity index (χ1v) is 4.83. The highest BCUT2D eigenvalue weighted by Gasteiger charge is 2.29. The second kappa shape index (κ2) is 4.72. The number of hydrogen-bond acceptors (Lipinski definition) is 3. The lowest BCUT2D eigenvalue weighted by molar-refractivity contribution is -0.119. The van der Waals surface area contributed by atoms with Crippen LogP contribution in [0.15, 0.2) is 0 Å². The van der Waals surface area contributed by atoms with E-state index >= 15 is 0 Å². The third kappa shape index (κ3) is 3.08. The SMILES string of the molecule is CO[C@H]1CC[C@@H](CC(C)=O)C[C@@H]1O. The van der Waals surface area contributed by atoms with Gasteiger partial charge in [0.2, 0.25) is 0 Å². The lowest BCUT2D eigenvalue weighted by Gasteiger charge is -2.31. The average molecular weight is 186 g/mol. The zero-order chi connectivity index (χ0) is 9.84. The number of carbonyl (C=O) groups excluding carboxylic acids is 1. The molecule has 3 atom stereocenters. The van der Waals surface area contributed by atoms with Gasteiger partial charge in [0.1, 0.15) is 5.78 Å². The van der Waals surface area contributed by atoms with Gasteiger partial charge in [0, 0.05) is 13.5 Å². The summed E-state index contributed by atoms with van der Waals surface area (Å²) in [6, 6.07) is 0. The molecule has 0 aliphatic heterocycles. The molecule has 1 aliphatic carbocycles. The lowest BCUT2D eigenvalue weighted by atomic mass is 9.82. The van der Waals surface area contributed by atoms with Crippen LogP contribution < -0.4 is 0 Å². The number of ether oxygens (including phenoxy) is 1. The predicted octanol–water partition coefficient (Wildman–Crippen LogP) is 1.14. The topological polar surface area (TPSA) is 46.5 Å². The first-order valence-electron chi connectivity index (χ1n) is 4.83. The molecule has 1 saturated carbocycles. The Kier molecular flexibility index (Phi) is 3.88. The van der Waals surface area contributed by atoms with E-state index in [1.807, 2.05) is 0 Å². The van der Waals surface area contributed by atoms with Gasteiger partial charge in [-0.25, -0.2) is 0 Å². The van der Waals surface area contributed by atoms with Crippen molar-refractivity contribution in [1.29, 1.82) is 0 Å². The number of Topliss-reactive ketones (excluding diaryl/α,β-unsaturated/α-hetero) is 1. The average Bonchev–Trinajstić information content (AvgIpc) is 2.03. The van der Waals surface area contributed by atoms with E-state index in [4.69, 9.17) is 4.74 Å². The van der Waals surface area contributed by atoms with E-state index in [0.29, 0.717) is 18.8 Å². The summed E-state index contributed by atoms with van der Waals surface area (Å²) in [5.74, 6) is 0.576. The van der Waals surface area contributed by atoms with Crippen LogP contribution in [0.4, 0.5) is 0 Å². The van der Waals surface area contributed by atoms with E-state index in [9.17, 15) is 9.90 Å². The van der Waals surface area contributed by atoms with Gasteiger partial charge < -0.3 is 14.6 Å². The third-order valence-corrected chi connectivity index (χ3v) is 2.74. The summed E-state index contributed by atoms with van der Waals surface area (Å²) in [6.07, 6.45) is 2.77. The molecule has 0 bridgehead atoms. The fraction of sp³-hybridized carbons (Fsp3) is 0.900. The third-order valence-electron chi connectivity index (χ3n) is 2.74. The van der Waals surface area contributed by atoms with Crippen LogP contribution in [0, 0.1) is 5.92 Å². The van der Waals surface area contributed by atoms with Crippen LogP contribution in [0.5, 0.6) is 0 Å². The minimum absolute atomic E-state index is 0.0248. The van der Waals surface area contributed by atoms with Gasteiger partial charge in [0.05, 0.1) is 12.2 Å². The summed E-state index contributed by atoms with van der Waals surface area (Å²) in [5.41, 5.74) is 0. The number of carbonyl (C=O) groups is 1. The van der Waals surface area contributed by atoms with Crippen molar-refractivity contribution in [3.8, 4) is 0 Å². The Morgan fingerprint density at radius 1 is 1.54 bits per heavy atom. The molecule has 0 aromatic carbocycles. The Bertz CT molecular complexity index is 179. The van der Waals surface area contributed by atoms with Crippen molar-refractivity contribution in [3.63, 3.8) is 0 Å². The second-order valence-electron chi connectivity index (χ2n) is 3.93. The van der Waals surface area contributed by atoms with Crippen molar-refractivity contribution in [2.45, 2.75) is 44.8 Å². The van der Waals surface area contributed by atoms with Gasteiger partial charge in [-0.3, -0.25) is 0 Å². The van der Waals surface area contributed by atoms with Crippen LogP contribution in [0.2, 0.25) is 0 Å². The Balaban J connectivity index is 2.36. The van der Waals surface area contributed by atoms with Crippen molar-refractivity contribution in [2.24, 2.45) is 5.92 Å². The van der Waals surface area contributed by atoms with Crippen LogP contribution in [0.25, 0.3) is 0 Å². The molecular weight excluding hydrogens is 168 g/mol. The highest BCUT2D eigenvalue weighted by molar-refractivity contribution is 5.75. The zero-order valence-corrected chi connectivity index (χ0v) is 8.32. The summed E-state index contributed by atoms with van der Waals surface area (Å²) in [7, 11) is 1.62. The molecule has 3 nitrogen and oxygen atoms in total. The van der Waals surface area contributed by atoms with Crippen molar-refractivity contribution in [3.05, 3.63) is 0 Å². The second-order valence-corrected chi connectivity index (χ2v) is 3.93. The number of aliphatic hydroxyl groups excluding tert-OH is 1. The summed E-state index contributed by atoms with van der Waals surface area (Å²) >= 11 is 0. The maximum Gasteiger partial charge on any atom is 0.130 e. The van der Waals surface area contributed by atoms with Gasteiger partial charge in [0.25, 0.3) is 0 Å². The maximum atomic E-state index is 10.9. The molecule has 76 valence electrons. The summed E-state index contributed by atoms with van der Waals surface area (Å²) in [6.45, 7) is 1.61. The smallest absolute Gasteiger partial charge is 0.130 e. The molecule has 0 radical (unpaired) electrons. The number of ketones is 1. The van der Waals surface area contributed by atoms with Crippen LogP contribution in [0.3, 0.4) is 0 Å². The van der Waals surface area contributed by atoms with E-state index in [1.165, 1.54) is 0 Å². The fourth-order valence-corrected chi connectivity index (χ4v) is 2.07. The Morgan fingerprint density at radius 3 is 2.69 bits per heavy atom.